The third-order valence-corrected chi connectivity index (χ3v) is 6.36. The fraction of sp³-hybridized carbons (Fsp3) is 0.562. The molecule has 2 unspecified atom stereocenters. The lowest BCUT2D eigenvalue weighted by Gasteiger charge is -2.31. The summed E-state index contributed by atoms with van der Waals surface area (Å²) in [5.41, 5.74) is 6.98. The first kappa shape index (κ1) is 14.3. The predicted molar refractivity (Wildman–Crippen MR) is 83.3 cm³/mol. The Labute approximate surface area is 117 Å². The van der Waals surface area contributed by atoms with Gasteiger partial charge in [0.05, 0.1) is 8.07 Å². The molecule has 0 radical (unpaired) electrons. The first-order chi connectivity index (χ1) is 8.89. The maximum absolute atomic E-state index is 11.4. The van der Waals surface area contributed by atoms with E-state index in [1.165, 1.54) is 12.0 Å². The van der Waals surface area contributed by atoms with E-state index in [2.05, 4.69) is 43.9 Å². The highest BCUT2D eigenvalue weighted by Crippen LogP contribution is 2.36. The van der Waals surface area contributed by atoms with Crippen molar-refractivity contribution in [3.05, 3.63) is 29.8 Å². The summed E-state index contributed by atoms with van der Waals surface area (Å²) in [6.45, 7) is 7.17. The molecular weight excluding hydrogens is 250 g/mol. The number of hydrogen-bond donors (Lipinski definition) is 1. The summed E-state index contributed by atoms with van der Waals surface area (Å²) in [5, 5.41) is 1.55. The second-order valence-corrected chi connectivity index (χ2v) is 11.8. The first-order valence-corrected chi connectivity index (χ1v) is 10.8. The van der Waals surface area contributed by atoms with E-state index in [0.29, 0.717) is 5.92 Å². The molecule has 2 nitrogen and oxygen atoms in total. The molecule has 1 amide bonds. The van der Waals surface area contributed by atoms with Crippen LogP contribution < -0.4 is 10.9 Å². The predicted octanol–water partition coefficient (Wildman–Crippen LogP) is 2.99. The molecule has 2 N–H and O–H groups in total. The molecule has 0 heterocycles. The number of benzene rings is 1. The van der Waals surface area contributed by atoms with Crippen LogP contribution in [0.4, 0.5) is 0 Å². The van der Waals surface area contributed by atoms with Crippen LogP contribution >= 0.6 is 0 Å². The van der Waals surface area contributed by atoms with E-state index in [-0.39, 0.29) is 11.8 Å². The minimum atomic E-state index is -1.33. The minimum Gasteiger partial charge on any atom is -0.369 e. The molecule has 104 valence electrons. The van der Waals surface area contributed by atoms with Crippen LogP contribution in [-0.4, -0.2) is 14.0 Å². The standard InChI is InChI=1S/C16H25NOSi/c1-19(2,3)15-10-5-4-9-14(15)12-7-6-8-13(11-12)16(17)18/h4-5,9-10,12-13H,6-8,11H2,1-3H3,(H2,17,18). The molecule has 1 aliphatic carbocycles. The normalized spacial score (nSPS) is 24.2. The van der Waals surface area contributed by atoms with Crippen LogP contribution in [0.5, 0.6) is 0 Å². The van der Waals surface area contributed by atoms with Crippen molar-refractivity contribution in [3.63, 3.8) is 0 Å². The summed E-state index contributed by atoms with van der Waals surface area (Å²) in [5.74, 6) is 0.484. The van der Waals surface area contributed by atoms with Gasteiger partial charge in [0.25, 0.3) is 0 Å². The van der Waals surface area contributed by atoms with Crippen LogP contribution in [0.25, 0.3) is 0 Å². The Kier molecular flexibility index (Phi) is 4.14. The van der Waals surface area contributed by atoms with Crippen LogP contribution in [-0.2, 0) is 4.79 Å². The number of rotatable bonds is 3. The molecule has 0 bridgehead atoms. The smallest absolute Gasteiger partial charge is 0.220 e. The van der Waals surface area contributed by atoms with Crippen molar-refractivity contribution >= 4 is 19.2 Å². The van der Waals surface area contributed by atoms with Crippen LogP contribution in [0.1, 0.15) is 37.2 Å². The van der Waals surface area contributed by atoms with Crippen molar-refractivity contribution in [2.75, 3.05) is 0 Å². The molecule has 2 atom stereocenters. The first-order valence-electron chi connectivity index (χ1n) is 7.28. The third-order valence-electron chi connectivity index (χ3n) is 4.29. The van der Waals surface area contributed by atoms with Gasteiger partial charge in [-0.15, -0.1) is 0 Å². The zero-order valence-electron chi connectivity index (χ0n) is 12.3. The molecule has 1 aliphatic rings. The summed E-state index contributed by atoms with van der Waals surface area (Å²) in [7, 11) is -1.33. The van der Waals surface area contributed by atoms with Crippen molar-refractivity contribution in [1.29, 1.82) is 0 Å². The van der Waals surface area contributed by atoms with E-state index in [4.69, 9.17) is 5.73 Å². The lowest BCUT2D eigenvalue weighted by molar-refractivity contribution is -0.122. The SMILES string of the molecule is C[Si](C)(C)c1ccccc1C1CCCC(C(N)=O)C1. The number of hydrogen-bond acceptors (Lipinski definition) is 1. The topological polar surface area (TPSA) is 43.1 Å². The van der Waals surface area contributed by atoms with Gasteiger partial charge in [-0.1, -0.05) is 55.5 Å². The van der Waals surface area contributed by atoms with E-state index in [0.717, 1.165) is 19.3 Å². The molecule has 1 aromatic rings. The van der Waals surface area contributed by atoms with Gasteiger partial charge in [-0.2, -0.15) is 0 Å². The molecule has 19 heavy (non-hydrogen) atoms. The Morgan fingerprint density at radius 3 is 2.53 bits per heavy atom. The number of carbonyl (C=O) groups is 1. The van der Waals surface area contributed by atoms with Gasteiger partial charge in [-0.25, -0.2) is 0 Å². The van der Waals surface area contributed by atoms with Gasteiger partial charge in [-0.05, 0) is 30.7 Å². The van der Waals surface area contributed by atoms with E-state index >= 15 is 0 Å². The van der Waals surface area contributed by atoms with Gasteiger partial charge in [0.15, 0.2) is 0 Å². The highest BCUT2D eigenvalue weighted by molar-refractivity contribution is 6.89. The summed E-state index contributed by atoms with van der Waals surface area (Å²) in [6.07, 6.45) is 4.24. The fourth-order valence-electron chi connectivity index (χ4n) is 3.27. The Morgan fingerprint density at radius 2 is 1.89 bits per heavy atom. The molecule has 1 saturated carbocycles. The molecule has 2 rings (SSSR count). The number of amides is 1. The molecule has 0 spiro atoms. The van der Waals surface area contributed by atoms with E-state index in [1.807, 2.05) is 0 Å². The van der Waals surface area contributed by atoms with Crippen molar-refractivity contribution in [3.8, 4) is 0 Å². The molecule has 0 saturated heterocycles. The fourth-order valence-corrected chi connectivity index (χ4v) is 5.02. The van der Waals surface area contributed by atoms with Gasteiger partial charge < -0.3 is 5.73 Å². The van der Waals surface area contributed by atoms with Crippen molar-refractivity contribution in [1.82, 2.24) is 0 Å². The van der Waals surface area contributed by atoms with Gasteiger partial charge in [-0.3, -0.25) is 4.79 Å². The summed E-state index contributed by atoms with van der Waals surface area (Å²) in [4.78, 5) is 11.4. The van der Waals surface area contributed by atoms with Gasteiger partial charge in [0.2, 0.25) is 5.91 Å². The average molecular weight is 275 g/mol. The van der Waals surface area contributed by atoms with Gasteiger partial charge in [0.1, 0.15) is 0 Å². The average Bonchev–Trinajstić information content (AvgIpc) is 2.38. The van der Waals surface area contributed by atoms with E-state index in [9.17, 15) is 4.79 Å². The second kappa shape index (κ2) is 5.49. The lowest BCUT2D eigenvalue weighted by atomic mass is 9.78. The van der Waals surface area contributed by atoms with Gasteiger partial charge >= 0.3 is 0 Å². The van der Waals surface area contributed by atoms with Crippen LogP contribution in [0.3, 0.4) is 0 Å². The van der Waals surface area contributed by atoms with Crippen LogP contribution in [0.15, 0.2) is 24.3 Å². The Hall–Kier alpha value is -1.09. The highest BCUT2D eigenvalue weighted by atomic mass is 28.3. The Morgan fingerprint density at radius 1 is 1.21 bits per heavy atom. The third kappa shape index (κ3) is 3.27. The Bertz CT molecular complexity index is 464. The number of primary amides is 1. The molecule has 1 aromatic carbocycles. The summed E-state index contributed by atoms with van der Waals surface area (Å²) >= 11 is 0. The van der Waals surface area contributed by atoms with Crippen LogP contribution in [0.2, 0.25) is 19.6 Å². The molecule has 0 aromatic heterocycles. The van der Waals surface area contributed by atoms with E-state index < -0.39 is 8.07 Å². The second-order valence-electron chi connectivity index (χ2n) is 6.80. The lowest BCUT2D eigenvalue weighted by Crippen LogP contribution is -2.41. The summed E-state index contributed by atoms with van der Waals surface area (Å²) in [6, 6.07) is 8.83. The van der Waals surface area contributed by atoms with Crippen molar-refractivity contribution in [2.24, 2.45) is 11.7 Å². The van der Waals surface area contributed by atoms with Gasteiger partial charge in [0, 0.05) is 5.92 Å². The Balaban J connectivity index is 2.29. The number of nitrogens with two attached hydrogens (primary N) is 1. The van der Waals surface area contributed by atoms with Crippen LogP contribution in [0, 0.1) is 5.92 Å². The van der Waals surface area contributed by atoms with Crippen molar-refractivity contribution < 1.29 is 4.79 Å². The summed E-state index contributed by atoms with van der Waals surface area (Å²) < 4.78 is 0. The maximum atomic E-state index is 11.4. The monoisotopic (exact) mass is 275 g/mol. The number of carbonyl (C=O) groups excluding carboxylic acids is 1. The highest BCUT2D eigenvalue weighted by Gasteiger charge is 2.30. The minimum absolute atomic E-state index is 0.0773. The van der Waals surface area contributed by atoms with Crippen molar-refractivity contribution in [2.45, 2.75) is 51.2 Å². The molecule has 3 heteroatoms. The zero-order chi connectivity index (χ0) is 14.0. The van der Waals surface area contributed by atoms with E-state index in [1.54, 1.807) is 5.19 Å². The molecular formula is C16H25NOSi. The largest absolute Gasteiger partial charge is 0.369 e. The maximum Gasteiger partial charge on any atom is 0.220 e. The molecule has 0 aliphatic heterocycles. The zero-order valence-corrected chi connectivity index (χ0v) is 13.3. The quantitative estimate of drug-likeness (QED) is 0.847. The molecule has 1 fully saturated rings.